The molecule has 0 aliphatic rings. The van der Waals surface area contributed by atoms with Gasteiger partial charge < -0.3 is 4.42 Å². The van der Waals surface area contributed by atoms with Crippen LogP contribution in [0, 0.1) is 96.9 Å². The Labute approximate surface area is 333 Å². The highest BCUT2D eigenvalue weighted by atomic mass is 16.3. The fourth-order valence-electron chi connectivity index (χ4n) is 4.47. The lowest BCUT2D eigenvalue weighted by Gasteiger charge is -1.90. The van der Waals surface area contributed by atoms with Crippen molar-refractivity contribution in [3.8, 4) is 0 Å². The molecule has 290 valence electrons. The van der Waals surface area contributed by atoms with Crippen molar-refractivity contribution in [2.45, 2.75) is 96.9 Å². The Hall–Kier alpha value is -5.68. The number of furan rings is 1. The number of aromatic nitrogens is 4. The van der Waals surface area contributed by atoms with E-state index in [2.05, 4.69) is 114 Å². The predicted molar refractivity (Wildman–Crippen MR) is 235 cm³/mol. The third-order valence-corrected chi connectivity index (χ3v) is 7.42. The van der Waals surface area contributed by atoms with Gasteiger partial charge in [0.25, 0.3) is 0 Å². The Balaban J connectivity index is 0.000000321. The highest BCUT2D eigenvalue weighted by Crippen LogP contribution is 2.03. The first-order chi connectivity index (χ1) is 26.0. The third kappa shape index (κ3) is 25.9. The molecule has 0 unspecified atom stereocenters. The van der Waals surface area contributed by atoms with Crippen LogP contribution in [0.4, 0.5) is 0 Å². The smallest absolute Gasteiger partial charge is 0.101 e. The van der Waals surface area contributed by atoms with E-state index in [1.165, 1.54) is 44.5 Å². The van der Waals surface area contributed by atoms with Crippen molar-refractivity contribution < 1.29 is 4.42 Å². The molecule has 5 aromatic heterocycles. The Kier molecular flexibility index (Phi) is 23.2. The maximum Gasteiger partial charge on any atom is 0.101 e. The van der Waals surface area contributed by atoms with Crippen LogP contribution in [-0.4, -0.2) is 19.9 Å². The molecule has 55 heavy (non-hydrogen) atoms. The molecule has 0 spiro atoms. The van der Waals surface area contributed by atoms with Crippen molar-refractivity contribution >= 4 is 0 Å². The van der Waals surface area contributed by atoms with E-state index in [0.717, 1.165) is 34.3 Å². The van der Waals surface area contributed by atoms with Gasteiger partial charge in [0.05, 0.1) is 0 Å². The number of rotatable bonds is 0. The number of hydrogen-bond donors (Lipinski definition) is 0. The fourth-order valence-corrected chi connectivity index (χ4v) is 4.47. The van der Waals surface area contributed by atoms with E-state index in [9.17, 15) is 0 Å². The standard InChI is InChI=1S/2C8H10.4C7H9N.C6H8O/c1-7-3-5-8(2)6-4-7;1-7-4-3-5-8(2)6-7;1-6-3-7(2)5-8-4-6;2*1-6-3-4-7(2)8-5-6;1-6-4-3-5-7(2)8-6;1-5-3-4-6(2)7-5/h2*3-6H,1-2H3;4*3-5H,1-2H3;3-4H,1-2H3. The number of aryl methyl sites for hydroxylation is 14. The van der Waals surface area contributed by atoms with Crippen LogP contribution in [-0.2, 0) is 0 Å². The van der Waals surface area contributed by atoms with Crippen LogP contribution in [0.5, 0.6) is 0 Å². The SMILES string of the molecule is Cc1ccc(C)cc1.Cc1ccc(C)nc1.Cc1ccc(C)nc1.Cc1ccc(C)o1.Cc1cccc(C)c1.Cc1cccc(C)n1.Cc1cncc(C)c1. The Morgan fingerprint density at radius 1 is 0.309 bits per heavy atom. The molecule has 7 aromatic rings. The van der Waals surface area contributed by atoms with Crippen LogP contribution < -0.4 is 0 Å². The van der Waals surface area contributed by atoms with Crippen molar-refractivity contribution in [3.63, 3.8) is 0 Å². The van der Waals surface area contributed by atoms with Gasteiger partial charge in [-0.3, -0.25) is 19.9 Å². The van der Waals surface area contributed by atoms with Crippen molar-refractivity contribution in [2.75, 3.05) is 0 Å². The summed E-state index contributed by atoms with van der Waals surface area (Å²) in [5.41, 5.74) is 14.6. The monoisotopic (exact) mass is 737 g/mol. The average Bonchev–Trinajstić information content (AvgIpc) is 3.52. The van der Waals surface area contributed by atoms with Gasteiger partial charge in [-0.05, 0) is 156 Å². The molecule has 0 amide bonds. The molecule has 0 aliphatic heterocycles. The zero-order valence-electron chi connectivity index (χ0n) is 35.9. The molecule has 0 fully saturated rings. The van der Waals surface area contributed by atoms with E-state index in [0.29, 0.717) is 0 Å². The Morgan fingerprint density at radius 2 is 0.673 bits per heavy atom. The molecule has 0 radical (unpaired) electrons. The first-order valence-electron chi connectivity index (χ1n) is 18.7. The van der Waals surface area contributed by atoms with E-state index < -0.39 is 0 Å². The van der Waals surface area contributed by atoms with E-state index in [-0.39, 0.29) is 0 Å². The lowest BCUT2D eigenvalue weighted by molar-refractivity contribution is 0.504. The van der Waals surface area contributed by atoms with Crippen molar-refractivity contribution in [2.24, 2.45) is 0 Å². The highest BCUT2D eigenvalue weighted by Gasteiger charge is 1.87. The topological polar surface area (TPSA) is 64.7 Å². The van der Waals surface area contributed by atoms with Gasteiger partial charge in [0.2, 0.25) is 0 Å². The number of benzene rings is 2. The van der Waals surface area contributed by atoms with Crippen LogP contribution in [0.15, 0.2) is 138 Å². The summed E-state index contributed by atoms with van der Waals surface area (Å²) in [6.45, 7) is 28.4. The molecule has 0 saturated heterocycles. The van der Waals surface area contributed by atoms with Gasteiger partial charge in [-0.15, -0.1) is 0 Å². The summed E-state index contributed by atoms with van der Waals surface area (Å²) < 4.78 is 5.08. The second-order valence-corrected chi connectivity index (χ2v) is 13.9. The summed E-state index contributed by atoms with van der Waals surface area (Å²) in [7, 11) is 0. The molecule has 7 rings (SSSR count). The largest absolute Gasteiger partial charge is 0.467 e. The normalized spacial score (nSPS) is 9.27. The fraction of sp³-hybridized carbons (Fsp3) is 0.280. The molecule has 5 heteroatoms. The van der Waals surface area contributed by atoms with Crippen LogP contribution >= 0.6 is 0 Å². The summed E-state index contributed by atoms with van der Waals surface area (Å²) in [4.78, 5) is 16.3. The molecular weight excluding hydrogens is 673 g/mol. The minimum absolute atomic E-state index is 0.984. The molecule has 0 bridgehead atoms. The number of pyridine rings is 4. The minimum Gasteiger partial charge on any atom is -0.467 e. The predicted octanol–water partition coefficient (Wildman–Crippen LogP) is 13.3. The molecule has 0 saturated carbocycles. The quantitative estimate of drug-likeness (QED) is 0.155. The van der Waals surface area contributed by atoms with Gasteiger partial charge in [-0.2, -0.15) is 0 Å². The molecule has 0 N–H and O–H groups in total. The summed E-state index contributed by atoms with van der Waals surface area (Å²) >= 11 is 0. The summed E-state index contributed by atoms with van der Waals surface area (Å²) in [6, 6.07) is 37.1. The molecule has 5 nitrogen and oxygen atoms in total. The molecule has 0 atom stereocenters. The van der Waals surface area contributed by atoms with Gasteiger partial charge in [0.1, 0.15) is 11.5 Å². The Bertz CT molecular complexity index is 1690. The summed E-state index contributed by atoms with van der Waals surface area (Å²) in [6.07, 6.45) is 7.45. The second-order valence-electron chi connectivity index (χ2n) is 13.9. The van der Waals surface area contributed by atoms with Gasteiger partial charge in [0.15, 0.2) is 0 Å². The average molecular weight is 737 g/mol. The minimum atomic E-state index is 0.984. The molecule has 5 heterocycles. The van der Waals surface area contributed by atoms with Crippen LogP contribution in [0.3, 0.4) is 0 Å². The first kappa shape index (κ1) is 47.3. The van der Waals surface area contributed by atoms with Crippen molar-refractivity contribution in [1.29, 1.82) is 0 Å². The lowest BCUT2D eigenvalue weighted by atomic mass is 10.2. The van der Waals surface area contributed by atoms with Crippen LogP contribution in [0.25, 0.3) is 0 Å². The molecule has 0 aliphatic carbocycles. The van der Waals surface area contributed by atoms with Crippen molar-refractivity contribution in [1.82, 2.24) is 19.9 Å². The van der Waals surface area contributed by atoms with Gasteiger partial charge in [0, 0.05) is 47.6 Å². The van der Waals surface area contributed by atoms with Gasteiger partial charge in [-0.1, -0.05) is 95.1 Å². The van der Waals surface area contributed by atoms with Gasteiger partial charge >= 0.3 is 0 Å². The first-order valence-corrected chi connectivity index (χ1v) is 18.7. The number of hydrogen-bond acceptors (Lipinski definition) is 5. The second kappa shape index (κ2) is 27.0. The third-order valence-electron chi connectivity index (χ3n) is 7.42. The van der Waals surface area contributed by atoms with E-state index in [1.54, 1.807) is 0 Å². The van der Waals surface area contributed by atoms with E-state index in [4.69, 9.17) is 4.42 Å². The summed E-state index contributed by atoms with van der Waals surface area (Å²) in [5.74, 6) is 1.97. The molecule has 2 aromatic carbocycles. The summed E-state index contributed by atoms with van der Waals surface area (Å²) in [5, 5.41) is 0. The van der Waals surface area contributed by atoms with Crippen LogP contribution in [0.1, 0.15) is 78.8 Å². The molecular formula is C50H64N4O. The lowest BCUT2D eigenvalue weighted by Crippen LogP contribution is -1.81. The van der Waals surface area contributed by atoms with E-state index >= 15 is 0 Å². The Morgan fingerprint density at radius 3 is 0.891 bits per heavy atom. The highest BCUT2D eigenvalue weighted by molar-refractivity contribution is 5.21. The maximum absolute atomic E-state index is 5.08. The zero-order chi connectivity index (χ0) is 41.2. The van der Waals surface area contributed by atoms with E-state index in [1.807, 2.05) is 136 Å². The zero-order valence-corrected chi connectivity index (χ0v) is 35.9. The number of nitrogens with zero attached hydrogens (tertiary/aromatic N) is 4. The van der Waals surface area contributed by atoms with Crippen LogP contribution in [0.2, 0.25) is 0 Å². The maximum atomic E-state index is 5.08. The van der Waals surface area contributed by atoms with Gasteiger partial charge in [-0.25, -0.2) is 0 Å². The van der Waals surface area contributed by atoms with Crippen molar-refractivity contribution in [3.05, 3.63) is 213 Å².